The number of hydrogen-bond donors (Lipinski definition) is 0. The van der Waals surface area contributed by atoms with Gasteiger partial charge in [0.2, 0.25) is 5.16 Å². The summed E-state index contributed by atoms with van der Waals surface area (Å²) in [7, 11) is 0. The van der Waals surface area contributed by atoms with Crippen molar-refractivity contribution < 1.29 is 13.2 Å². The molecule has 0 fully saturated rings. The molecule has 0 saturated carbocycles. The van der Waals surface area contributed by atoms with Crippen molar-refractivity contribution in [2.75, 3.05) is 0 Å². The van der Waals surface area contributed by atoms with Crippen LogP contribution in [0.4, 0.5) is 13.2 Å². The largest absolute Gasteiger partial charge is 0.417 e. The first-order valence-corrected chi connectivity index (χ1v) is 8.84. The van der Waals surface area contributed by atoms with Gasteiger partial charge in [0.25, 0.3) is 0 Å². The molecule has 0 aromatic carbocycles. The van der Waals surface area contributed by atoms with E-state index in [0.29, 0.717) is 5.03 Å². The Labute approximate surface area is 151 Å². The zero-order valence-electron chi connectivity index (χ0n) is 12.4. The molecule has 0 saturated heterocycles. The van der Waals surface area contributed by atoms with Gasteiger partial charge in [-0.25, -0.2) is 9.97 Å². The van der Waals surface area contributed by atoms with Gasteiger partial charge in [-0.3, -0.25) is 4.40 Å². The van der Waals surface area contributed by atoms with Crippen LogP contribution in [0.5, 0.6) is 0 Å². The molecule has 4 heterocycles. The standard InChI is InChI=1S/C14H7ClF3N5S2/c1-6-2-8-11(24-6)19-5-20-12(8)25-13-22-21-10-9(15)3-7(4-23(10)13)14(16,17)18/h2-5H,1H3. The van der Waals surface area contributed by atoms with Crippen LogP contribution >= 0.6 is 34.7 Å². The van der Waals surface area contributed by atoms with Crippen molar-refractivity contribution in [1.82, 2.24) is 24.6 Å². The van der Waals surface area contributed by atoms with Crippen LogP contribution < -0.4 is 0 Å². The molecule has 11 heteroatoms. The summed E-state index contributed by atoms with van der Waals surface area (Å²) >= 11 is 8.55. The van der Waals surface area contributed by atoms with Crippen molar-refractivity contribution in [3.8, 4) is 0 Å². The van der Waals surface area contributed by atoms with E-state index in [0.717, 1.165) is 39.1 Å². The second-order valence-electron chi connectivity index (χ2n) is 5.11. The molecule has 5 nitrogen and oxygen atoms in total. The molecule has 0 N–H and O–H groups in total. The van der Waals surface area contributed by atoms with E-state index >= 15 is 0 Å². The highest BCUT2D eigenvalue weighted by Crippen LogP contribution is 2.36. The quantitative estimate of drug-likeness (QED) is 0.449. The van der Waals surface area contributed by atoms with Gasteiger partial charge in [-0.2, -0.15) is 13.2 Å². The fraction of sp³-hybridized carbons (Fsp3) is 0.143. The number of halogens is 4. The zero-order valence-corrected chi connectivity index (χ0v) is 14.8. The molecule has 0 atom stereocenters. The van der Waals surface area contributed by atoms with Crippen molar-refractivity contribution in [2.24, 2.45) is 0 Å². The maximum absolute atomic E-state index is 13.0. The van der Waals surface area contributed by atoms with E-state index in [1.165, 1.54) is 22.1 Å². The average Bonchev–Trinajstić information content (AvgIpc) is 3.10. The van der Waals surface area contributed by atoms with Crippen molar-refractivity contribution in [3.63, 3.8) is 0 Å². The Bertz CT molecular complexity index is 1110. The van der Waals surface area contributed by atoms with Crippen LogP contribution in [0.15, 0.2) is 34.8 Å². The number of alkyl halides is 3. The van der Waals surface area contributed by atoms with Crippen molar-refractivity contribution >= 4 is 50.6 Å². The van der Waals surface area contributed by atoms with Gasteiger partial charge in [-0.1, -0.05) is 11.6 Å². The maximum Gasteiger partial charge on any atom is 0.417 e. The number of nitrogens with zero attached hydrogens (tertiary/aromatic N) is 5. The lowest BCUT2D eigenvalue weighted by molar-refractivity contribution is -0.137. The van der Waals surface area contributed by atoms with Gasteiger partial charge in [0.05, 0.1) is 10.6 Å². The summed E-state index contributed by atoms with van der Waals surface area (Å²) in [5.41, 5.74) is -0.713. The number of rotatable bonds is 2. The van der Waals surface area contributed by atoms with Gasteiger partial charge in [0.15, 0.2) is 5.65 Å². The summed E-state index contributed by atoms with van der Waals surface area (Å²) < 4.78 is 40.3. The Morgan fingerprint density at radius 2 is 2.00 bits per heavy atom. The van der Waals surface area contributed by atoms with Crippen LogP contribution in [0, 0.1) is 6.92 Å². The molecule has 0 aliphatic heterocycles. The minimum Gasteiger partial charge on any atom is -0.275 e. The molecule has 4 aromatic rings. The van der Waals surface area contributed by atoms with Crippen LogP contribution in [0.2, 0.25) is 5.02 Å². The third-order valence-electron chi connectivity index (χ3n) is 3.36. The van der Waals surface area contributed by atoms with Crippen LogP contribution in [-0.4, -0.2) is 24.6 Å². The molecule has 0 unspecified atom stereocenters. The van der Waals surface area contributed by atoms with Crippen molar-refractivity contribution in [2.45, 2.75) is 23.3 Å². The van der Waals surface area contributed by atoms with Crippen LogP contribution in [0.1, 0.15) is 10.4 Å². The number of aryl methyl sites for hydroxylation is 1. The van der Waals surface area contributed by atoms with Gasteiger partial charge < -0.3 is 0 Å². The monoisotopic (exact) mass is 401 g/mol. The number of pyridine rings is 1. The minimum absolute atomic E-state index is 0.117. The van der Waals surface area contributed by atoms with Crippen molar-refractivity contribution in [1.29, 1.82) is 0 Å². The summed E-state index contributed by atoms with van der Waals surface area (Å²) in [5, 5.41) is 9.37. The molecule has 0 aliphatic carbocycles. The Hall–Kier alpha value is -1.91. The number of thiophene rings is 1. The normalized spacial score (nSPS) is 12.4. The summed E-state index contributed by atoms with van der Waals surface area (Å²) in [5.74, 6) is 0. The fourth-order valence-electron chi connectivity index (χ4n) is 2.28. The van der Waals surface area contributed by atoms with Gasteiger partial charge in [-0.15, -0.1) is 21.5 Å². The SMILES string of the molecule is Cc1cc2c(Sc3nnc4c(Cl)cc(C(F)(F)F)cn34)ncnc2s1. The molecular weight excluding hydrogens is 395 g/mol. The second kappa shape index (κ2) is 5.82. The molecule has 0 radical (unpaired) electrons. The Kier molecular flexibility index (Phi) is 3.85. The molecular formula is C14H7ClF3N5S2. The molecule has 0 aliphatic rings. The first-order valence-electron chi connectivity index (χ1n) is 6.83. The van der Waals surface area contributed by atoms with E-state index < -0.39 is 11.7 Å². The Morgan fingerprint density at radius 3 is 2.76 bits per heavy atom. The fourth-order valence-corrected chi connectivity index (χ4v) is 4.30. The van der Waals surface area contributed by atoms with E-state index in [4.69, 9.17) is 11.6 Å². The molecule has 0 bridgehead atoms. The van der Waals surface area contributed by atoms with Gasteiger partial charge >= 0.3 is 6.18 Å². The first kappa shape index (κ1) is 16.6. The Balaban J connectivity index is 1.85. The second-order valence-corrected chi connectivity index (χ2v) is 7.71. The minimum atomic E-state index is -4.52. The lowest BCUT2D eigenvalue weighted by Crippen LogP contribution is -2.07. The van der Waals surface area contributed by atoms with Gasteiger partial charge in [0.1, 0.15) is 16.2 Å². The summed E-state index contributed by atoms with van der Waals surface area (Å²) in [6, 6.07) is 2.77. The number of fused-ring (bicyclic) bond motifs is 2. The zero-order chi connectivity index (χ0) is 17.8. The lowest BCUT2D eigenvalue weighted by atomic mass is 10.3. The highest BCUT2D eigenvalue weighted by molar-refractivity contribution is 7.99. The lowest BCUT2D eigenvalue weighted by Gasteiger charge is -2.08. The highest BCUT2D eigenvalue weighted by Gasteiger charge is 2.32. The molecule has 4 aromatic heterocycles. The summed E-state index contributed by atoms with van der Waals surface area (Å²) in [6.45, 7) is 1.95. The van der Waals surface area contributed by atoms with Gasteiger partial charge in [0, 0.05) is 16.5 Å². The van der Waals surface area contributed by atoms with E-state index in [1.807, 2.05) is 13.0 Å². The average molecular weight is 402 g/mol. The van der Waals surface area contributed by atoms with E-state index in [-0.39, 0.29) is 15.8 Å². The predicted molar refractivity (Wildman–Crippen MR) is 89.3 cm³/mol. The topological polar surface area (TPSA) is 56.0 Å². The number of hydrogen-bond acceptors (Lipinski definition) is 6. The van der Waals surface area contributed by atoms with Crippen LogP contribution in [0.3, 0.4) is 0 Å². The molecule has 0 amide bonds. The molecule has 4 rings (SSSR count). The van der Waals surface area contributed by atoms with Crippen LogP contribution in [0.25, 0.3) is 15.9 Å². The predicted octanol–water partition coefficient (Wildman–Crippen LogP) is 4.87. The van der Waals surface area contributed by atoms with Crippen molar-refractivity contribution in [3.05, 3.63) is 40.1 Å². The number of aromatic nitrogens is 5. The van der Waals surface area contributed by atoms with E-state index in [1.54, 1.807) is 0 Å². The summed E-state index contributed by atoms with van der Waals surface area (Å²) in [4.78, 5) is 10.3. The molecule has 128 valence electrons. The highest BCUT2D eigenvalue weighted by atomic mass is 35.5. The molecule has 25 heavy (non-hydrogen) atoms. The third-order valence-corrected chi connectivity index (χ3v) is 5.58. The first-order chi connectivity index (χ1) is 11.8. The smallest absolute Gasteiger partial charge is 0.275 e. The van der Waals surface area contributed by atoms with Crippen LogP contribution in [-0.2, 0) is 6.18 Å². The third kappa shape index (κ3) is 2.94. The van der Waals surface area contributed by atoms with E-state index in [9.17, 15) is 13.2 Å². The Morgan fingerprint density at radius 1 is 1.20 bits per heavy atom. The maximum atomic E-state index is 13.0. The van der Waals surface area contributed by atoms with Gasteiger partial charge in [-0.05, 0) is 30.8 Å². The van der Waals surface area contributed by atoms with E-state index in [2.05, 4.69) is 20.2 Å². The summed E-state index contributed by atoms with van der Waals surface area (Å²) in [6.07, 6.45) is -2.17. The molecule has 0 spiro atoms.